The zero-order valence-electron chi connectivity index (χ0n) is 11.5. The van der Waals surface area contributed by atoms with E-state index in [9.17, 15) is 4.79 Å². The first-order valence-electron chi connectivity index (χ1n) is 5.72. The van der Waals surface area contributed by atoms with Crippen molar-refractivity contribution in [2.45, 2.75) is 52.6 Å². The van der Waals surface area contributed by atoms with Gasteiger partial charge in [0.15, 0.2) is 0 Å². The van der Waals surface area contributed by atoms with Gasteiger partial charge < -0.3 is 10.5 Å². The Morgan fingerprint density at radius 2 is 1.56 bits per heavy atom. The van der Waals surface area contributed by atoms with E-state index in [1.54, 1.807) is 0 Å². The molecule has 0 aromatic carbocycles. The normalized spacial score (nSPS) is 13.0. The maximum Gasteiger partial charge on any atom is 0.319 e. The average molecular weight is 230 g/mol. The van der Waals surface area contributed by atoms with E-state index in [1.807, 2.05) is 0 Å². The van der Waals surface area contributed by atoms with Crippen LogP contribution in [0, 0.1) is 0 Å². The molecule has 0 saturated heterocycles. The largest absolute Gasteiger partial charge is 0.463 e. The van der Waals surface area contributed by atoms with E-state index in [0.717, 1.165) is 6.54 Å². The molecule has 96 valence electrons. The lowest BCUT2D eigenvalue weighted by molar-refractivity contribution is -0.143. The van der Waals surface area contributed by atoms with E-state index in [2.05, 4.69) is 46.4 Å². The van der Waals surface area contributed by atoms with E-state index >= 15 is 0 Å². The molecule has 0 saturated carbocycles. The van der Waals surface area contributed by atoms with Gasteiger partial charge in [-0.15, -0.1) is 0 Å². The number of rotatable bonds is 4. The van der Waals surface area contributed by atoms with Crippen LogP contribution >= 0.6 is 0 Å². The molecular weight excluding hydrogens is 204 g/mol. The number of hydrogen-bond acceptors (Lipinski definition) is 4. The van der Waals surface area contributed by atoms with Gasteiger partial charge in [0.1, 0.15) is 6.61 Å². The molecule has 0 aromatic heterocycles. The molecule has 4 heteroatoms. The van der Waals surface area contributed by atoms with Crippen LogP contribution in [-0.2, 0) is 9.53 Å². The number of hydrogen-bond donors (Lipinski definition) is 1. The zero-order chi connectivity index (χ0) is 13.0. The van der Waals surface area contributed by atoms with Crippen LogP contribution in [0.2, 0.25) is 0 Å². The molecule has 2 N–H and O–H groups in total. The molecule has 0 aromatic rings. The van der Waals surface area contributed by atoms with Gasteiger partial charge >= 0.3 is 5.97 Å². The van der Waals surface area contributed by atoms with Crippen molar-refractivity contribution in [1.82, 2.24) is 4.90 Å². The van der Waals surface area contributed by atoms with Crippen LogP contribution in [-0.4, -0.2) is 41.6 Å². The van der Waals surface area contributed by atoms with Crippen LogP contribution < -0.4 is 5.73 Å². The lowest BCUT2D eigenvalue weighted by Gasteiger charge is -2.45. The zero-order valence-corrected chi connectivity index (χ0v) is 11.5. The molecule has 0 fully saturated rings. The Hall–Kier alpha value is -0.610. The predicted octanol–water partition coefficient (Wildman–Crippen LogP) is 1.39. The summed E-state index contributed by atoms with van der Waals surface area (Å²) in [7, 11) is 0. The van der Waals surface area contributed by atoms with E-state index < -0.39 is 0 Å². The van der Waals surface area contributed by atoms with Crippen LogP contribution in [0.15, 0.2) is 0 Å². The number of nitrogens with zero attached hydrogens (tertiary/aromatic N) is 1. The Morgan fingerprint density at radius 3 is 1.88 bits per heavy atom. The Labute approximate surface area is 99.1 Å². The summed E-state index contributed by atoms with van der Waals surface area (Å²) >= 11 is 0. The second-order valence-electron chi connectivity index (χ2n) is 5.92. The maximum absolute atomic E-state index is 10.9. The SMILES string of the molecule is CC(C)(C)N(CCOC(=O)CN)C(C)(C)C. The third-order valence-corrected chi connectivity index (χ3v) is 2.36. The van der Waals surface area contributed by atoms with Crippen molar-refractivity contribution in [2.24, 2.45) is 5.73 Å². The third-order valence-electron chi connectivity index (χ3n) is 2.36. The number of carbonyl (C=O) groups excluding carboxylic acids is 1. The second-order valence-corrected chi connectivity index (χ2v) is 5.92. The minimum absolute atomic E-state index is 0.0490. The molecule has 0 atom stereocenters. The molecule has 0 amide bonds. The monoisotopic (exact) mass is 230 g/mol. The van der Waals surface area contributed by atoms with E-state index in [-0.39, 0.29) is 23.6 Å². The summed E-state index contributed by atoms with van der Waals surface area (Å²) in [5.41, 5.74) is 5.27. The summed E-state index contributed by atoms with van der Waals surface area (Å²) in [6.45, 7) is 14.0. The smallest absolute Gasteiger partial charge is 0.319 e. The molecule has 0 radical (unpaired) electrons. The fourth-order valence-corrected chi connectivity index (χ4v) is 1.99. The number of carbonyl (C=O) groups is 1. The van der Waals surface area contributed by atoms with Gasteiger partial charge in [-0.1, -0.05) is 0 Å². The summed E-state index contributed by atoms with van der Waals surface area (Å²) in [4.78, 5) is 13.2. The highest BCUT2D eigenvalue weighted by atomic mass is 16.5. The topological polar surface area (TPSA) is 55.6 Å². The number of esters is 1. The fraction of sp³-hybridized carbons (Fsp3) is 0.917. The minimum Gasteiger partial charge on any atom is -0.463 e. The highest BCUT2D eigenvalue weighted by Gasteiger charge is 2.31. The first-order valence-corrected chi connectivity index (χ1v) is 5.72. The highest BCUT2D eigenvalue weighted by Crippen LogP contribution is 2.23. The van der Waals surface area contributed by atoms with Gasteiger partial charge in [-0.2, -0.15) is 0 Å². The molecule has 0 bridgehead atoms. The molecule has 0 spiro atoms. The van der Waals surface area contributed by atoms with Crippen LogP contribution in [0.4, 0.5) is 0 Å². The van der Waals surface area contributed by atoms with Crippen molar-refractivity contribution in [3.63, 3.8) is 0 Å². The Bertz CT molecular complexity index is 212. The first-order chi connectivity index (χ1) is 7.09. The van der Waals surface area contributed by atoms with Crippen LogP contribution in [0.25, 0.3) is 0 Å². The maximum atomic E-state index is 10.9. The Morgan fingerprint density at radius 1 is 1.12 bits per heavy atom. The first kappa shape index (κ1) is 15.4. The quantitative estimate of drug-likeness (QED) is 0.741. The van der Waals surface area contributed by atoms with Crippen molar-refractivity contribution in [3.8, 4) is 0 Å². The minimum atomic E-state index is -0.345. The summed E-state index contributed by atoms with van der Waals surface area (Å²) in [6, 6.07) is 0. The van der Waals surface area contributed by atoms with Crippen molar-refractivity contribution in [3.05, 3.63) is 0 Å². The lowest BCUT2D eigenvalue weighted by Crippen LogP contribution is -2.53. The average Bonchev–Trinajstić information content (AvgIpc) is 2.07. The summed E-state index contributed by atoms with van der Waals surface area (Å²) in [5.74, 6) is -0.345. The van der Waals surface area contributed by atoms with Crippen molar-refractivity contribution in [1.29, 1.82) is 0 Å². The molecule has 0 unspecified atom stereocenters. The number of nitrogens with two attached hydrogens (primary N) is 1. The molecule has 16 heavy (non-hydrogen) atoms. The van der Waals surface area contributed by atoms with Crippen molar-refractivity contribution < 1.29 is 9.53 Å². The Balaban J connectivity index is 4.31. The summed E-state index contributed by atoms with van der Waals surface area (Å²) in [6.07, 6.45) is 0. The molecular formula is C12H26N2O2. The van der Waals surface area contributed by atoms with Gasteiger partial charge in [-0.25, -0.2) is 0 Å². The number of ether oxygens (including phenoxy) is 1. The molecule has 0 heterocycles. The Kier molecular flexibility index (Phi) is 5.42. The lowest BCUT2D eigenvalue weighted by atomic mass is 9.96. The van der Waals surface area contributed by atoms with Crippen LogP contribution in [0.1, 0.15) is 41.5 Å². The fourth-order valence-electron chi connectivity index (χ4n) is 1.99. The van der Waals surface area contributed by atoms with Gasteiger partial charge in [0.25, 0.3) is 0 Å². The molecule has 0 aliphatic heterocycles. The van der Waals surface area contributed by atoms with Gasteiger partial charge in [0, 0.05) is 17.6 Å². The van der Waals surface area contributed by atoms with Gasteiger partial charge in [-0.3, -0.25) is 9.69 Å². The molecule has 0 aliphatic carbocycles. The molecule has 0 aliphatic rings. The van der Waals surface area contributed by atoms with Gasteiger partial charge in [0.2, 0.25) is 0 Å². The van der Waals surface area contributed by atoms with Crippen molar-refractivity contribution >= 4 is 5.97 Å². The van der Waals surface area contributed by atoms with Crippen LogP contribution in [0.5, 0.6) is 0 Å². The van der Waals surface area contributed by atoms with Gasteiger partial charge in [0.05, 0.1) is 6.54 Å². The van der Waals surface area contributed by atoms with E-state index in [4.69, 9.17) is 10.5 Å². The highest BCUT2D eigenvalue weighted by molar-refractivity contribution is 5.71. The van der Waals surface area contributed by atoms with Crippen LogP contribution in [0.3, 0.4) is 0 Å². The molecule has 0 rings (SSSR count). The van der Waals surface area contributed by atoms with E-state index in [0.29, 0.717) is 6.61 Å². The third kappa shape index (κ3) is 5.47. The summed E-state index contributed by atoms with van der Waals surface area (Å²) in [5, 5.41) is 0. The predicted molar refractivity (Wildman–Crippen MR) is 66.2 cm³/mol. The second kappa shape index (κ2) is 5.64. The van der Waals surface area contributed by atoms with Gasteiger partial charge in [-0.05, 0) is 41.5 Å². The standard InChI is InChI=1S/C12H26N2O2/c1-11(2,3)14(12(4,5)6)7-8-16-10(15)9-13/h7-9,13H2,1-6H3. The van der Waals surface area contributed by atoms with Crippen molar-refractivity contribution in [2.75, 3.05) is 19.7 Å². The van der Waals surface area contributed by atoms with E-state index in [1.165, 1.54) is 0 Å². The summed E-state index contributed by atoms with van der Waals surface area (Å²) < 4.78 is 5.01. The molecule has 4 nitrogen and oxygen atoms in total.